The molecule has 0 saturated heterocycles. The smallest absolute Gasteiger partial charge is 0.336 e. The first kappa shape index (κ1) is 9.71. The monoisotopic (exact) mass is 204 g/mol. The summed E-state index contributed by atoms with van der Waals surface area (Å²) in [5, 5.41) is 16.4. The van der Waals surface area contributed by atoms with Gasteiger partial charge in [-0.05, 0) is 23.6 Å². The van der Waals surface area contributed by atoms with E-state index in [9.17, 15) is 4.79 Å². The molecule has 4 nitrogen and oxygen atoms in total. The second kappa shape index (κ2) is 3.38. The van der Waals surface area contributed by atoms with Gasteiger partial charge in [-0.3, -0.25) is 5.10 Å². The number of nitrogens with zero attached hydrogens (tertiary/aromatic N) is 1. The van der Waals surface area contributed by atoms with Crippen molar-refractivity contribution in [3.8, 4) is 0 Å². The van der Waals surface area contributed by atoms with Gasteiger partial charge in [0.05, 0.1) is 17.3 Å². The first-order valence-corrected chi connectivity index (χ1v) is 4.80. The lowest BCUT2D eigenvalue weighted by molar-refractivity contribution is 0.0699. The van der Waals surface area contributed by atoms with E-state index in [0.29, 0.717) is 16.9 Å². The van der Waals surface area contributed by atoms with Gasteiger partial charge in [0.25, 0.3) is 0 Å². The molecule has 2 aromatic rings. The third kappa shape index (κ3) is 1.58. The number of fused-ring (bicyclic) bond motifs is 1. The van der Waals surface area contributed by atoms with Crippen LogP contribution in [0.15, 0.2) is 18.3 Å². The number of carboxylic acids is 1. The maximum absolute atomic E-state index is 11.0. The van der Waals surface area contributed by atoms with Crippen molar-refractivity contribution in [3.05, 3.63) is 29.5 Å². The highest BCUT2D eigenvalue weighted by atomic mass is 16.4. The number of rotatable bonds is 2. The largest absolute Gasteiger partial charge is 0.478 e. The van der Waals surface area contributed by atoms with E-state index in [-0.39, 0.29) is 0 Å². The van der Waals surface area contributed by atoms with Gasteiger partial charge in [0.1, 0.15) is 0 Å². The Kier molecular flexibility index (Phi) is 2.19. The molecular weight excluding hydrogens is 192 g/mol. The van der Waals surface area contributed by atoms with E-state index in [1.807, 2.05) is 19.9 Å². The number of hydrogen-bond acceptors (Lipinski definition) is 2. The molecule has 0 aliphatic carbocycles. The summed E-state index contributed by atoms with van der Waals surface area (Å²) in [6.45, 7) is 4.06. The van der Waals surface area contributed by atoms with E-state index in [1.165, 1.54) is 0 Å². The third-order valence-corrected chi connectivity index (χ3v) is 2.48. The van der Waals surface area contributed by atoms with Gasteiger partial charge in [-0.15, -0.1) is 0 Å². The van der Waals surface area contributed by atoms with E-state index in [2.05, 4.69) is 10.2 Å². The number of H-pyrrole nitrogens is 1. The van der Waals surface area contributed by atoms with Crippen LogP contribution in [0.25, 0.3) is 10.9 Å². The number of aromatic nitrogens is 2. The van der Waals surface area contributed by atoms with E-state index < -0.39 is 5.97 Å². The van der Waals surface area contributed by atoms with Gasteiger partial charge in [0, 0.05) is 5.39 Å². The van der Waals surface area contributed by atoms with Gasteiger partial charge in [0.2, 0.25) is 0 Å². The van der Waals surface area contributed by atoms with Crippen molar-refractivity contribution in [2.24, 2.45) is 0 Å². The van der Waals surface area contributed by atoms with Gasteiger partial charge < -0.3 is 5.11 Å². The van der Waals surface area contributed by atoms with Gasteiger partial charge in [0.15, 0.2) is 0 Å². The first-order valence-electron chi connectivity index (χ1n) is 4.80. The Labute approximate surface area is 86.9 Å². The zero-order valence-corrected chi connectivity index (χ0v) is 8.61. The predicted molar refractivity (Wildman–Crippen MR) is 57.1 cm³/mol. The van der Waals surface area contributed by atoms with E-state index in [4.69, 9.17) is 5.11 Å². The average molecular weight is 204 g/mol. The highest BCUT2D eigenvalue weighted by Gasteiger charge is 2.12. The quantitative estimate of drug-likeness (QED) is 0.789. The summed E-state index contributed by atoms with van der Waals surface area (Å²) in [5.74, 6) is -0.611. The second-order valence-corrected chi connectivity index (χ2v) is 3.86. The Hall–Kier alpha value is -1.84. The second-order valence-electron chi connectivity index (χ2n) is 3.86. The molecule has 0 radical (unpaired) electrons. The fraction of sp³-hybridized carbons (Fsp3) is 0.273. The first-order chi connectivity index (χ1) is 7.09. The van der Waals surface area contributed by atoms with Crippen LogP contribution in [0.2, 0.25) is 0 Å². The summed E-state index contributed by atoms with van der Waals surface area (Å²) in [4.78, 5) is 11.0. The highest BCUT2D eigenvalue weighted by molar-refractivity contribution is 6.02. The molecule has 0 bridgehead atoms. The van der Waals surface area contributed by atoms with E-state index in [0.717, 1.165) is 11.1 Å². The van der Waals surface area contributed by atoms with Crippen molar-refractivity contribution in [3.63, 3.8) is 0 Å². The molecule has 15 heavy (non-hydrogen) atoms. The lowest BCUT2D eigenvalue weighted by atomic mass is 9.98. The molecule has 0 aliphatic rings. The summed E-state index contributed by atoms with van der Waals surface area (Å²) in [6.07, 6.45) is 1.54. The number of hydrogen-bond donors (Lipinski definition) is 2. The van der Waals surface area contributed by atoms with Crippen molar-refractivity contribution < 1.29 is 9.90 Å². The molecular formula is C11H12N2O2. The number of aromatic amines is 1. The molecule has 78 valence electrons. The number of benzene rings is 1. The van der Waals surface area contributed by atoms with Crippen LogP contribution in [-0.4, -0.2) is 21.3 Å². The molecule has 1 aromatic heterocycles. The zero-order valence-electron chi connectivity index (χ0n) is 8.61. The number of nitrogens with one attached hydrogen (secondary N) is 1. The zero-order chi connectivity index (χ0) is 11.0. The summed E-state index contributed by atoms with van der Waals surface area (Å²) in [7, 11) is 0. The Morgan fingerprint density at radius 2 is 2.20 bits per heavy atom. The van der Waals surface area contributed by atoms with Crippen molar-refractivity contribution in [1.29, 1.82) is 0 Å². The number of aromatic carboxylic acids is 1. The molecule has 0 amide bonds. The van der Waals surface area contributed by atoms with Crippen LogP contribution >= 0.6 is 0 Å². The minimum absolute atomic E-state index is 0.302. The van der Waals surface area contributed by atoms with Gasteiger partial charge in [-0.25, -0.2) is 4.79 Å². The highest BCUT2D eigenvalue weighted by Crippen LogP contribution is 2.23. The Morgan fingerprint density at radius 3 is 2.80 bits per heavy atom. The molecule has 0 aliphatic heterocycles. The number of carboxylic acid groups (broad SMARTS) is 1. The van der Waals surface area contributed by atoms with Crippen molar-refractivity contribution in [1.82, 2.24) is 10.2 Å². The van der Waals surface area contributed by atoms with Crippen LogP contribution in [0.1, 0.15) is 35.7 Å². The van der Waals surface area contributed by atoms with Crippen LogP contribution in [0.3, 0.4) is 0 Å². The molecule has 2 rings (SSSR count). The van der Waals surface area contributed by atoms with Crippen molar-refractivity contribution in [2.75, 3.05) is 0 Å². The van der Waals surface area contributed by atoms with E-state index in [1.54, 1.807) is 12.3 Å². The molecule has 0 spiro atoms. The molecule has 2 N–H and O–H groups in total. The lowest BCUT2D eigenvalue weighted by Crippen LogP contribution is -1.99. The maximum atomic E-state index is 11.0. The van der Waals surface area contributed by atoms with Gasteiger partial charge in [-0.1, -0.05) is 13.8 Å². The maximum Gasteiger partial charge on any atom is 0.336 e. The molecule has 1 heterocycles. The minimum Gasteiger partial charge on any atom is -0.478 e. The molecule has 0 atom stereocenters. The Morgan fingerprint density at radius 1 is 1.47 bits per heavy atom. The fourth-order valence-electron chi connectivity index (χ4n) is 1.58. The van der Waals surface area contributed by atoms with Crippen LogP contribution in [-0.2, 0) is 0 Å². The normalized spacial score (nSPS) is 11.1. The van der Waals surface area contributed by atoms with Crippen LogP contribution in [0.5, 0.6) is 0 Å². The van der Waals surface area contributed by atoms with Crippen LogP contribution in [0, 0.1) is 0 Å². The van der Waals surface area contributed by atoms with Gasteiger partial charge >= 0.3 is 5.97 Å². The van der Waals surface area contributed by atoms with Crippen LogP contribution in [0.4, 0.5) is 0 Å². The standard InChI is InChI=1S/C11H12N2O2/c1-6(2)7-3-8(11(14)15)9-5-12-13-10(9)4-7/h3-6H,1-2H3,(H,12,13)(H,14,15). The fourth-order valence-corrected chi connectivity index (χ4v) is 1.58. The Balaban J connectivity index is 2.74. The molecule has 4 heteroatoms. The molecule has 1 aromatic carbocycles. The summed E-state index contributed by atoms with van der Waals surface area (Å²) in [6, 6.07) is 3.66. The summed E-state index contributed by atoms with van der Waals surface area (Å²) < 4.78 is 0. The summed E-state index contributed by atoms with van der Waals surface area (Å²) >= 11 is 0. The third-order valence-electron chi connectivity index (χ3n) is 2.48. The predicted octanol–water partition coefficient (Wildman–Crippen LogP) is 2.38. The minimum atomic E-state index is -0.913. The Bertz CT molecular complexity index is 514. The number of carbonyl (C=O) groups is 1. The molecule has 0 unspecified atom stereocenters. The van der Waals surface area contributed by atoms with E-state index >= 15 is 0 Å². The molecule has 0 fully saturated rings. The summed E-state index contributed by atoms with van der Waals surface area (Å²) in [5.41, 5.74) is 2.09. The van der Waals surface area contributed by atoms with Crippen LogP contribution < -0.4 is 0 Å². The SMILES string of the molecule is CC(C)c1cc(C(=O)O)c2cn[nH]c2c1. The average Bonchev–Trinajstić information content (AvgIpc) is 2.62. The van der Waals surface area contributed by atoms with Crippen molar-refractivity contribution in [2.45, 2.75) is 19.8 Å². The van der Waals surface area contributed by atoms with Crippen molar-refractivity contribution >= 4 is 16.9 Å². The molecule has 0 saturated carbocycles. The lowest BCUT2D eigenvalue weighted by Gasteiger charge is -2.07. The topological polar surface area (TPSA) is 66.0 Å². The van der Waals surface area contributed by atoms with Gasteiger partial charge in [-0.2, -0.15) is 5.10 Å².